The SMILES string of the molecule is CCN[C@H](C)CNC(=O)c1sccc1Br. The molecule has 1 rings (SSSR count). The number of thiophene rings is 1. The first-order chi connectivity index (χ1) is 7.15. The van der Waals surface area contributed by atoms with Crippen LogP contribution in [0.4, 0.5) is 0 Å². The Hall–Kier alpha value is -0.390. The summed E-state index contributed by atoms with van der Waals surface area (Å²) in [5.41, 5.74) is 0. The highest BCUT2D eigenvalue weighted by Crippen LogP contribution is 2.22. The molecule has 0 fully saturated rings. The van der Waals surface area contributed by atoms with Crippen molar-refractivity contribution in [1.29, 1.82) is 0 Å². The molecule has 84 valence electrons. The van der Waals surface area contributed by atoms with Gasteiger partial charge in [0.15, 0.2) is 0 Å². The van der Waals surface area contributed by atoms with Gasteiger partial charge in [-0.05, 0) is 40.8 Å². The topological polar surface area (TPSA) is 41.1 Å². The van der Waals surface area contributed by atoms with Crippen molar-refractivity contribution in [3.8, 4) is 0 Å². The molecule has 0 aromatic carbocycles. The van der Waals surface area contributed by atoms with Gasteiger partial charge in [-0.2, -0.15) is 0 Å². The third kappa shape index (κ3) is 3.93. The summed E-state index contributed by atoms with van der Waals surface area (Å²) in [6.07, 6.45) is 0. The Bertz CT molecular complexity index is 327. The molecule has 1 atom stereocenters. The van der Waals surface area contributed by atoms with Gasteiger partial charge in [0.05, 0.1) is 0 Å². The third-order valence-corrected chi connectivity index (χ3v) is 3.78. The van der Waals surface area contributed by atoms with E-state index in [1.165, 1.54) is 11.3 Å². The second kappa shape index (κ2) is 6.25. The van der Waals surface area contributed by atoms with Gasteiger partial charge in [-0.25, -0.2) is 0 Å². The third-order valence-electron chi connectivity index (χ3n) is 1.94. The zero-order chi connectivity index (χ0) is 11.3. The Kier molecular flexibility index (Phi) is 5.28. The molecule has 0 aliphatic rings. The van der Waals surface area contributed by atoms with Crippen molar-refractivity contribution in [2.24, 2.45) is 0 Å². The van der Waals surface area contributed by atoms with Crippen molar-refractivity contribution in [1.82, 2.24) is 10.6 Å². The molecule has 15 heavy (non-hydrogen) atoms. The zero-order valence-corrected chi connectivity index (χ0v) is 11.2. The zero-order valence-electron chi connectivity index (χ0n) is 8.84. The normalized spacial score (nSPS) is 12.5. The van der Waals surface area contributed by atoms with E-state index < -0.39 is 0 Å². The van der Waals surface area contributed by atoms with E-state index in [1.54, 1.807) is 0 Å². The van der Waals surface area contributed by atoms with Gasteiger partial charge in [0.2, 0.25) is 0 Å². The van der Waals surface area contributed by atoms with Crippen molar-refractivity contribution in [3.05, 3.63) is 20.8 Å². The van der Waals surface area contributed by atoms with Crippen LogP contribution in [0.3, 0.4) is 0 Å². The maximum absolute atomic E-state index is 11.7. The van der Waals surface area contributed by atoms with Crippen LogP contribution in [-0.2, 0) is 0 Å². The summed E-state index contributed by atoms with van der Waals surface area (Å²) < 4.78 is 0.862. The number of halogens is 1. The molecule has 0 saturated heterocycles. The minimum atomic E-state index is -0.0124. The van der Waals surface area contributed by atoms with Gasteiger partial charge in [-0.3, -0.25) is 4.79 Å². The Labute approximate surface area is 102 Å². The first-order valence-electron chi connectivity index (χ1n) is 4.89. The lowest BCUT2D eigenvalue weighted by Crippen LogP contribution is -2.38. The molecule has 1 heterocycles. The largest absolute Gasteiger partial charge is 0.350 e. The van der Waals surface area contributed by atoms with E-state index in [0.29, 0.717) is 12.6 Å². The molecule has 0 unspecified atom stereocenters. The first kappa shape index (κ1) is 12.7. The molecule has 1 amide bonds. The fourth-order valence-electron chi connectivity index (χ4n) is 1.20. The van der Waals surface area contributed by atoms with Crippen LogP contribution in [0.25, 0.3) is 0 Å². The molecule has 0 aliphatic heterocycles. The number of carbonyl (C=O) groups excluding carboxylic acids is 1. The van der Waals surface area contributed by atoms with E-state index >= 15 is 0 Å². The van der Waals surface area contributed by atoms with E-state index in [0.717, 1.165) is 15.9 Å². The predicted octanol–water partition coefficient (Wildman–Crippen LogP) is 2.24. The molecule has 0 saturated carbocycles. The molecule has 2 N–H and O–H groups in total. The number of nitrogens with one attached hydrogen (secondary N) is 2. The molecule has 0 aliphatic carbocycles. The van der Waals surface area contributed by atoms with Crippen molar-refractivity contribution >= 4 is 33.2 Å². The van der Waals surface area contributed by atoms with E-state index in [2.05, 4.69) is 26.6 Å². The van der Waals surface area contributed by atoms with Crippen LogP contribution in [-0.4, -0.2) is 25.0 Å². The number of amides is 1. The molecule has 1 aromatic heterocycles. The van der Waals surface area contributed by atoms with E-state index in [-0.39, 0.29) is 5.91 Å². The van der Waals surface area contributed by atoms with Crippen LogP contribution in [0.1, 0.15) is 23.5 Å². The average Bonchev–Trinajstić information content (AvgIpc) is 2.61. The van der Waals surface area contributed by atoms with Gasteiger partial charge in [0.1, 0.15) is 4.88 Å². The average molecular weight is 291 g/mol. The Balaban J connectivity index is 2.40. The van der Waals surface area contributed by atoms with Gasteiger partial charge in [0, 0.05) is 17.1 Å². The lowest BCUT2D eigenvalue weighted by molar-refractivity contribution is 0.0953. The van der Waals surface area contributed by atoms with Gasteiger partial charge < -0.3 is 10.6 Å². The van der Waals surface area contributed by atoms with Gasteiger partial charge in [-0.1, -0.05) is 6.92 Å². The number of hydrogen-bond donors (Lipinski definition) is 2. The van der Waals surface area contributed by atoms with Crippen molar-refractivity contribution < 1.29 is 4.79 Å². The summed E-state index contributed by atoms with van der Waals surface area (Å²) in [6.45, 7) is 5.66. The van der Waals surface area contributed by atoms with Crippen LogP contribution in [0.2, 0.25) is 0 Å². The summed E-state index contributed by atoms with van der Waals surface area (Å²) in [6, 6.07) is 2.19. The van der Waals surface area contributed by atoms with Crippen molar-refractivity contribution in [3.63, 3.8) is 0 Å². The molecular weight excluding hydrogens is 276 g/mol. The molecule has 0 bridgehead atoms. The Morgan fingerprint density at radius 2 is 2.40 bits per heavy atom. The monoisotopic (exact) mass is 290 g/mol. The molecule has 3 nitrogen and oxygen atoms in total. The maximum Gasteiger partial charge on any atom is 0.262 e. The van der Waals surface area contributed by atoms with Crippen molar-refractivity contribution in [2.45, 2.75) is 19.9 Å². The highest BCUT2D eigenvalue weighted by molar-refractivity contribution is 9.10. The molecule has 0 radical (unpaired) electrons. The highest BCUT2D eigenvalue weighted by Gasteiger charge is 2.11. The summed E-state index contributed by atoms with van der Waals surface area (Å²) in [4.78, 5) is 12.4. The second-order valence-electron chi connectivity index (χ2n) is 3.27. The Morgan fingerprint density at radius 3 is 2.93 bits per heavy atom. The number of carbonyl (C=O) groups is 1. The number of hydrogen-bond acceptors (Lipinski definition) is 3. The lowest BCUT2D eigenvalue weighted by atomic mass is 10.3. The van der Waals surface area contributed by atoms with Crippen LogP contribution < -0.4 is 10.6 Å². The first-order valence-corrected chi connectivity index (χ1v) is 6.57. The highest BCUT2D eigenvalue weighted by atomic mass is 79.9. The summed E-state index contributed by atoms with van der Waals surface area (Å²) >= 11 is 4.78. The Morgan fingerprint density at radius 1 is 1.67 bits per heavy atom. The predicted molar refractivity (Wildman–Crippen MR) is 67.5 cm³/mol. The molecule has 0 spiro atoms. The quantitative estimate of drug-likeness (QED) is 0.873. The standard InChI is InChI=1S/C10H15BrN2OS/c1-3-12-7(2)6-13-10(14)9-8(11)4-5-15-9/h4-5,7,12H,3,6H2,1-2H3,(H,13,14)/t7-/m1/s1. The van der Waals surface area contributed by atoms with Crippen LogP contribution >= 0.6 is 27.3 Å². The molecule has 1 aromatic rings. The van der Waals surface area contributed by atoms with Crippen LogP contribution in [0, 0.1) is 0 Å². The summed E-state index contributed by atoms with van der Waals surface area (Å²) in [7, 11) is 0. The van der Waals surface area contributed by atoms with E-state index in [1.807, 2.05) is 25.3 Å². The second-order valence-corrected chi connectivity index (χ2v) is 5.04. The summed E-state index contributed by atoms with van der Waals surface area (Å²) in [5, 5.41) is 8.02. The van der Waals surface area contributed by atoms with E-state index in [9.17, 15) is 4.79 Å². The van der Waals surface area contributed by atoms with Crippen LogP contribution in [0.15, 0.2) is 15.9 Å². The maximum atomic E-state index is 11.7. The smallest absolute Gasteiger partial charge is 0.262 e. The van der Waals surface area contributed by atoms with Gasteiger partial charge in [0.25, 0.3) is 5.91 Å². The van der Waals surface area contributed by atoms with Gasteiger partial charge >= 0.3 is 0 Å². The fourth-order valence-corrected chi connectivity index (χ4v) is 2.67. The fraction of sp³-hybridized carbons (Fsp3) is 0.500. The van der Waals surface area contributed by atoms with Gasteiger partial charge in [-0.15, -0.1) is 11.3 Å². The minimum absolute atomic E-state index is 0.0124. The lowest BCUT2D eigenvalue weighted by Gasteiger charge is -2.12. The summed E-state index contributed by atoms with van der Waals surface area (Å²) in [5.74, 6) is -0.0124. The molecule has 5 heteroatoms. The molecular formula is C10H15BrN2OS. The van der Waals surface area contributed by atoms with Crippen LogP contribution in [0.5, 0.6) is 0 Å². The van der Waals surface area contributed by atoms with Crippen molar-refractivity contribution in [2.75, 3.05) is 13.1 Å². The minimum Gasteiger partial charge on any atom is -0.350 e. The number of likely N-dealkylation sites (N-methyl/N-ethyl adjacent to an activating group) is 1. The van der Waals surface area contributed by atoms with E-state index in [4.69, 9.17) is 0 Å². The number of rotatable bonds is 5.